The first-order valence-corrected chi connectivity index (χ1v) is 8.41. The molecule has 0 amide bonds. The summed E-state index contributed by atoms with van der Waals surface area (Å²) in [6, 6.07) is 20.5. The zero-order chi connectivity index (χ0) is 19.0. The second-order valence-corrected chi connectivity index (χ2v) is 5.66. The summed E-state index contributed by atoms with van der Waals surface area (Å²) in [5, 5.41) is 2.28. The molecule has 3 aromatic rings. The molecule has 2 aromatic carbocycles. The molecule has 0 fully saturated rings. The summed E-state index contributed by atoms with van der Waals surface area (Å²) >= 11 is 0. The third-order valence-corrected chi connectivity index (χ3v) is 3.58. The van der Waals surface area contributed by atoms with Gasteiger partial charge in [0.05, 0.1) is 11.5 Å². The van der Waals surface area contributed by atoms with Crippen LogP contribution in [0.25, 0.3) is 22.3 Å². The van der Waals surface area contributed by atoms with Gasteiger partial charge in [-0.1, -0.05) is 55.8 Å². The van der Waals surface area contributed by atoms with E-state index < -0.39 is 7.25 Å². The Morgan fingerprint density at radius 2 is 1.54 bits per heavy atom. The van der Waals surface area contributed by atoms with Gasteiger partial charge in [-0.15, -0.1) is 0 Å². The van der Waals surface area contributed by atoms with Gasteiger partial charge in [0.1, 0.15) is 17.9 Å². The normalized spacial score (nSPS) is 12.0. The van der Waals surface area contributed by atoms with Gasteiger partial charge in [-0.2, -0.15) is 0 Å². The molecular weight excluding hydrogens is 345 g/mol. The minimum Gasteiger partial charge on any atom is -0.456 e. The Bertz CT molecular complexity index is 885. The highest BCUT2D eigenvalue weighted by Gasteiger charge is 2.20. The van der Waals surface area contributed by atoms with Crippen molar-refractivity contribution in [2.24, 2.45) is 0 Å². The van der Waals surface area contributed by atoms with Gasteiger partial charge >= 0.3 is 7.25 Å². The van der Waals surface area contributed by atoms with E-state index >= 15 is 0 Å². The molecule has 0 aliphatic carbocycles. The SMILES string of the molecule is CCCC[NH+]=c1cc(-c2ccccc2)oc2ccccc12.F[B-](F)(F)F. The van der Waals surface area contributed by atoms with Crippen LogP contribution in [0.3, 0.4) is 0 Å². The highest BCUT2D eigenvalue weighted by Crippen LogP contribution is 2.21. The molecule has 2 nitrogen and oxygen atoms in total. The summed E-state index contributed by atoms with van der Waals surface area (Å²) in [6.07, 6.45) is 2.36. The van der Waals surface area contributed by atoms with E-state index in [-0.39, 0.29) is 0 Å². The van der Waals surface area contributed by atoms with Gasteiger partial charge in [-0.05, 0) is 12.1 Å². The van der Waals surface area contributed by atoms with Crippen LogP contribution in [0, 0.1) is 0 Å². The van der Waals surface area contributed by atoms with Crippen molar-refractivity contribution in [2.75, 3.05) is 6.54 Å². The first-order valence-electron chi connectivity index (χ1n) is 8.41. The first kappa shape index (κ1) is 19.8. The van der Waals surface area contributed by atoms with Gasteiger partial charge in [0, 0.05) is 12.0 Å². The maximum atomic E-state index is 9.75. The van der Waals surface area contributed by atoms with E-state index in [1.54, 1.807) is 0 Å². The van der Waals surface area contributed by atoms with Gasteiger partial charge in [-0.3, -0.25) is 0 Å². The van der Waals surface area contributed by atoms with Crippen LogP contribution >= 0.6 is 0 Å². The van der Waals surface area contributed by atoms with Gasteiger partial charge in [-0.25, -0.2) is 4.99 Å². The molecule has 3 rings (SSSR count). The number of halogens is 4. The molecule has 1 heterocycles. The lowest BCUT2D eigenvalue weighted by Gasteiger charge is -2.02. The highest BCUT2D eigenvalue weighted by molar-refractivity contribution is 6.50. The monoisotopic (exact) mass is 365 g/mol. The van der Waals surface area contributed by atoms with E-state index in [0.29, 0.717) is 0 Å². The minimum atomic E-state index is -6.00. The molecule has 0 aliphatic rings. The number of hydrogen-bond acceptors (Lipinski definition) is 1. The number of unbranched alkanes of at least 4 members (excludes halogenated alkanes) is 1. The molecule has 0 unspecified atom stereocenters. The van der Waals surface area contributed by atoms with E-state index in [0.717, 1.165) is 34.2 Å². The third-order valence-electron chi connectivity index (χ3n) is 3.58. The van der Waals surface area contributed by atoms with E-state index in [1.165, 1.54) is 12.8 Å². The molecule has 0 radical (unpaired) electrons. The van der Waals surface area contributed by atoms with Crippen molar-refractivity contribution in [2.45, 2.75) is 19.8 Å². The number of para-hydroxylation sites is 1. The van der Waals surface area contributed by atoms with Gasteiger partial charge < -0.3 is 21.7 Å². The van der Waals surface area contributed by atoms with Crippen molar-refractivity contribution < 1.29 is 26.7 Å². The molecule has 1 aromatic heterocycles. The second-order valence-electron chi connectivity index (χ2n) is 5.66. The van der Waals surface area contributed by atoms with Crippen molar-refractivity contribution in [3.05, 3.63) is 66.0 Å². The smallest absolute Gasteiger partial charge is 0.456 e. The van der Waals surface area contributed by atoms with Gasteiger partial charge in [0.25, 0.3) is 0 Å². The van der Waals surface area contributed by atoms with E-state index in [4.69, 9.17) is 4.42 Å². The van der Waals surface area contributed by atoms with Crippen LogP contribution in [0.1, 0.15) is 19.8 Å². The van der Waals surface area contributed by atoms with Gasteiger partial charge in [0.2, 0.25) is 5.36 Å². The van der Waals surface area contributed by atoms with Crippen molar-refractivity contribution in [3.8, 4) is 11.3 Å². The van der Waals surface area contributed by atoms with E-state index in [2.05, 4.69) is 36.2 Å². The lowest BCUT2D eigenvalue weighted by Crippen LogP contribution is -2.76. The standard InChI is InChI=1S/C19H19NO.BF4/c1-2-3-13-20-17-14-19(15-9-5-4-6-10-15)21-18-12-8-7-11-16(17)18;2-1(3,4)5/h4-12,14H,2-3,13H2,1H3;/q;-1/p+1. The largest absolute Gasteiger partial charge is 0.673 e. The Morgan fingerprint density at radius 3 is 2.19 bits per heavy atom. The number of benzene rings is 2. The maximum Gasteiger partial charge on any atom is 0.673 e. The lowest BCUT2D eigenvalue weighted by atomic mass is 10.1. The summed E-state index contributed by atoms with van der Waals surface area (Å²) in [5.41, 5.74) is 2.01. The van der Waals surface area contributed by atoms with Gasteiger partial charge in [0.15, 0.2) is 0 Å². The second kappa shape index (κ2) is 9.22. The predicted octanol–water partition coefficient (Wildman–Crippen LogP) is 4.18. The van der Waals surface area contributed by atoms with Crippen LogP contribution in [-0.2, 0) is 0 Å². The third kappa shape index (κ3) is 6.39. The molecule has 0 bridgehead atoms. The van der Waals surface area contributed by atoms with E-state index in [1.807, 2.05) is 36.4 Å². The molecule has 0 saturated heterocycles. The summed E-state index contributed by atoms with van der Waals surface area (Å²) in [6.45, 7) is 3.19. The Kier molecular flexibility index (Phi) is 7.01. The number of nitrogens with one attached hydrogen (secondary N) is 1. The fourth-order valence-electron chi connectivity index (χ4n) is 2.43. The summed E-state index contributed by atoms with van der Waals surface area (Å²) in [5.74, 6) is 0.897. The molecule has 26 heavy (non-hydrogen) atoms. The fourth-order valence-corrected chi connectivity index (χ4v) is 2.43. The maximum absolute atomic E-state index is 9.75. The number of fused-ring (bicyclic) bond motifs is 1. The molecule has 138 valence electrons. The van der Waals surface area contributed by atoms with Crippen LogP contribution in [0.5, 0.6) is 0 Å². The number of rotatable bonds is 4. The Morgan fingerprint density at radius 1 is 0.923 bits per heavy atom. The average Bonchev–Trinajstić information content (AvgIpc) is 2.61. The van der Waals surface area contributed by atoms with Crippen molar-refractivity contribution in [1.82, 2.24) is 0 Å². The molecule has 0 saturated carbocycles. The molecular formula is C19H20BF4NO. The van der Waals surface area contributed by atoms with Crippen molar-refractivity contribution in [3.63, 3.8) is 0 Å². The molecule has 0 spiro atoms. The van der Waals surface area contributed by atoms with E-state index in [9.17, 15) is 17.3 Å². The average molecular weight is 365 g/mol. The Balaban J connectivity index is 0.000000431. The zero-order valence-electron chi connectivity index (χ0n) is 14.4. The van der Waals surface area contributed by atoms with Crippen LogP contribution < -0.4 is 10.3 Å². The van der Waals surface area contributed by atoms with Crippen LogP contribution in [-0.4, -0.2) is 13.8 Å². The summed E-state index contributed by atoms with van der Waals surface area (Å²) in [7, 11) is -6.00. The van der Waals surface area contributed by atoms with Crippen LogP contribution in [0.15, 0.2) is 65.1 Å². The summed E-state index contributed by atoms with van der Waals surface area (Å²) in [4.78, 5) is 3.54. The highest BCUT2D eigenvalue weighted by atomic mass is 19.5. The summed E-state index contributed by atoms with van der Waals surface area (Å²) < 4.78 is 45.1. The van der Waals surface area contributed by atoms with Crippen LogP contribution in [0.4, 0.5) is 17.3 Å². The topological polar surface area (TPSA) is 27.1 Å². The quantitative estimate of drug-likeness (QED) is 0.419. The molecule has 1 N–H and O–H groups in total. The zero-order valence-corrected chi connectivity index (χ0v) is 14.4. The Hall–Kier alpha value is -2.57. The van der Waals surface area contributed by atoms with Crippen LogP contribution in [0.2, 0.25) is 0 Å². The van der Waals surface area contributed by atoms with Crippen molar-refractivity contribution in [1.29, 1.82) is 0 Å². The molecule has 0 atom stereocenters. The number of hydrogen-bond donors (Lipinski definition) is 1. The van der Waals surface area contributed by atoms with Crippen molar-refractivity contribution >= 4 is 18.2 Å². The Labute approximate surface area is 149 Å². The first-order chi connectivity index (χ1) is 12.4. The minimum absolute atomic E-state index is 0.897. The fraction of sp³-hybridized carbons (Fsp3) is 0.211. The molecule has 0 aliphatic heterocycles. The molecule has 7 heteroatoms. The predicted molar refractivity (Wildman–Crippen MR) is 95.7 cm³/mol. The lowest BCUT2D eigenvalue weighted by molar-refractivity contribution is -0.499.